The number of hydrogen-bond donors (Lipinski definition) is 3. The van der Waals surface area contributed by atoms with Gasteiger partial charge in [0, 0.05) is 40.2 Å². The Morgan fingerprint density at radius 3 is 2.62 bits per heavy atom. The zero-order chi connectivity index (χ0) is 26.5. The number of carbonyl (C=O) groups excluding carboxylic acids is 2. The molecular weight excluding hydrogens is 508 g/mol. The number of benzene rings is 1. The first-order valence-corrected chi connectivity index (χ1v) is 13.7. The second kappa shape index (κ2) is 9.28. The van der Waals surface area contributed by atoms with Crippen LogP contribution >= 0.6 is 11.3 Å². The lowest BCUT2D eigenvalue weighted by Crippen LogP contribution is -2.28. The lowest BCUT2D eigenvalue weighted by atomic mass is 9.85. The molecule has 5 aromatic heterocycles. The van der Waals surface area contributed by atoms with Gasteiger partial charge in [-0.2, -0.15) is 5.10 Å². The predicted molar refractivity (Wildman–Crippen MR) is 154 cm³/mol. The highest BCUT2D eigenvalue weighted by atomic mass is 32.1. The van der Waals surface area contributed by atoms with E-state index in [0.29, 0.717) is 10.6 Å². The number of nitrogens with one attached hydrogen (secondary N) is 3. The minimum absolute atomic E-state index is 0.0495. The summed E-state index contributed by atoms with van der Waals surface area (Å²) in [5.74, 6) is 0.232. The number of anilines is 1. The van der Waals surface area contributed by atoms with E-state index in [1.54, 1.807) is 25.5 Å². The molecule has 0 bridgehead atoms. The van der Waals surface area contributed by atoms with Gasteiger partial charge >= 0.3 is 0 Å². The van der Waals surface area contributed by atoms with E-state index in [-0.39, 0.29) is 17.6 Å². The zero-order valence-corrected chi connectivity index (χ0v) is 21.9. The molecule has 1 fully saturated rings. The number of fused-ring (bicyclic) bond motifs is 2. The lowest BCUT2D eigenvalue weighted by Gasteiger charge is -2.24. The van der Waals surface area contributed by atoms with Crippen molar-refractivity contribution >= 4 is 50.5 Å². The SMILES string of the molecule is CC(=O)c1ccc(-c2nccc3[nH]c(-c4n[nH]c5ccc(-c6cncc(NC(=O)C7CCC7)c6)cc45)cc23)s1. The largest absolute Gasteiger partial charge is 0.353 e. The number of H-pyrrole nitrogens is 2. The van der Waals surface area contributed by atoms with Gasteiger partial charge in [0.2, 0.25) is 5.91 Å². The Labute approximate surface area is 227 Å². The van der Waals surface area contributed by atoms with Crippen LogP contribution < -0.4 is 5.32 Å². The summed E-state index contributed by atoms with van der Waals surface area (Å²) < 4.78 is 0. The van der Waals surface area contributed by atoms with E-state index >= 15 is 0 Å². The molecular formula is C30H24N6O2S. The summed E-state index contributed by atoms with van der Waals surface area (Å²) in [4.78, 5) is 38.4. The summed E-state index contributed by atoms with van der Waals surface area (Å²) in [6, 6.07) is 15.9. The maximum atomic E-state index is 12.4. The molecule has 3 N–H and O–H groups in total. The highest BCUT2D eigenvalue weighted by Gasteiger charge is 2.25. The molecule has 39 heavy (non-hydrogen) atoms. The van der Waals surface area contributed by atoms with Crippen molar-refractivity contribution in [2.24, 2.45) is 5.92 Å². The normalized spacial score (nSPS) is 13.6. The maximum absolute atomic E-state index is 12.4. The second-order valence-corrected chi connectivity index (χ2v) is 11.0. The first-order chi connectivity index (χ1) is 19.0. The Balaban J connectivity index is 1.25. The Morgan fingerprint density at radius 1 is 0.949 bits per heavy atom. The van der Waals surface area contributed by atoms with Crippen molar-refractivity contribution < 1.29 is 9.59 Å². The number of aromatic amines is 2. The summed E-state index contributed by atoms with van der Waals surface area (Å²) in [5.41, 5.74) is 6.95. The van der Waals surface area contributed by atoms with Gasteiger partial charge in [0.15, 0.2) is 5.78 Å². The highest BCUT2D eigenvalue weighted by Crippen LogP contribution is 2.36. The Morgan fingerprint density at radius 2 is 1.82 bits per heavy atom. The highest BCUT2D eigenvalue weighted by molar-refractivity contribution is 7.17. The molecule has 1 aliphatic rings. The molecule has 0 aliphatic heterocycles. The van der Waals surface area contributed by atoms with Crippen LogP contribution in [0.3, 0.4) is 0 Å². The molecule has 0 unspecified atom stereocenters. The lowest BCUT2D eigenvalue weighted by molar-refractivity contribution is -0.122. The molecule has 7 rings (SSSR count). The first-order valence-electron chi connectivity index (χ1n) is 12.9. The van der Waals surface area contributed by atoms with E-state index in [0.717, 1.165) is 74.2 Å². The number of thiophene rings is 1. The van der Waals surface area contributed by atoms with Crippen LogP contribution in [0, 0.1) is 5.92 Å². The van der Waals surface area contributed by atoms with E-state index < -0.39 is 0 Å². The van der Waals surface area contributed by atoms with Crippen molar-refractivity contribution in [1.29, 1.82) is 0 Å². The van der Waals surface area contributed by atoms with Crippen molar-refractivity contribution in [2.45, 2.75) is 26.2 Å². The Kier molecular flexibility index (Phi) is 5.59. The standard InChI is InChI=1S/C30H24N6O2S/c1-16(37)26-7-8-27(39-26)29-22-13-25(34-23(22)9-10-32-29)28-21-12-18(5-6-24(21)35-36-28)19-11-20(15-31-14-19)33-30(38)17-3-2-4-17/h5-15,17,34H,2-4H2,1H3,(H,33,38)(H,35,36). The average Bonchev–Trinajstić information content (AvgIpc) is 3.65. The number of carbonyl (C=O) groups is 2. The van der Waals surface area contributed by atoms with Gasteiger partial charge in [0.05, 0.1) is 38.5 Å². The average molecular weight is 533 g/mol. The topological polar surface area (TPSA) is 116 Å². The molecule has 0 radical (unpaired) electrons. The molecule has 8 nitrogen and oxygen atoms in total. The van der Waals surface area contributed by atoms with Gasteiger partial charge in [-0.3, -0.25) is 24.7 Å². The van der Waals surface area contributed by atoms with Gasteiger partial charge in [-0.05, 0) is 67.8 Å². The van der Waals surface area contributed by atoms with Crippen LogP contribution in [0.15, 0.2) is 67.1 Å². The van der Waals surface area contributed by atoms with Crippen LogP contribution in [0.25, 0.3) is 54.9 Å². The molecule has 1 amide bonds. The maximum Gasteiger partial charge on any atom is 0.227 e. The summed E-state index contributed by atoms with van der Waals surface area (Å²) in [5, 5.41) is 12.7. The number of rotatable bonds is 6. The Bertz CT molecular complexity index is 1890. The second-order valence-electron chi connectivity index (χ2n) is 9.94. The number of pyridine rings is 2. The monoisotopic (exact) mass is 532 g/mol. The molecule has 6 aromatic rings. The fourth-order valence-corrected chi connectivity index (χ4v) is 5.92. The number of amides is 1. The molecule has 0 atom stereocenters. The number of hydrogen-bond acceptors (Lipinski definition) is 6. The van der Waals surface area contributed by atoms with Gasteiger partial charge in [-0.25, -0.2) is 0 Å². The predicted octanol–water partition coefficient (Wildman–Crippen LogP) is 6.84. The minimum Gasteiger partial charge on any atom is -0.353 e. The van der Waals surface area contributed by atoms with Crippen LogP contribution in [-0.2, 0) is 4.79 Å². The fourth-order valence-electron chi connectivity index (χ4n) is 5.01. The van der Waals surface area contributed by atoms with Crippen LogP contribution in [0.2, 0.25) is 0 Å². The van der Waals surface area contributed by atoms with Crippen molar-refractivity contribution in [3.8, 4) is 33.1 Å². The summed E-state index contributed by atoms with van der Waals surface area (Å²) in [6.45, 7) is 1.58. The number of aromatic nitrogens is 5. The third-order valence-electron chi connectivity index (χ3n) is 7.37. The third-order valence-corrected chi connectivity index (χ3v) is 8.56. The van der Waals surface area contributed by atoms with Gasteiger partial charge in [0.25, 0.3) is 0 Å². The smallest absolute Gasteiger partial charge is 0.227 e. The molecule has 5 heterocycles. The molecule has 9 heteroatoms. The van der Waals surface area contributed by atoms with Gasteiger partial charge in [-0.1, -0.05) is 12.5 Å². The van der Waals surface area contributed by atoms with Crippen LogP contribution in [0.4, 0.5) is 5.69 Å². The van der Waals surface area contributed by atoms with E-state index in [1.165, 1.54) is 11.3 Å². The van der Waals surface area contributed by atoms with Crippen molar-refractivity contribution in [3.05, 3.63) is 72.0 Å². The third kappa shape index (κ3) is 4.21. The van der Waals surface area contributed by atoms with E-state index in [1.807, 2.05) is 36.4 Å². The molecule has 1 aliphatic carbocycles. The fraction of sp³-hybridized carbons (Fsp3) is 0.167. The van der Waals surface area contributed by atoms with Gasteiger partial charge in [-0.15, -0.1) is 11.3 Å². The first kappa shape index (κ1) is 23.5. The van der Waals surface area contributed by atoms with Crippen LogP contribution in [0.1, 0.15) is 35.9 Å². The van der Waals surface area contributed by atoms with Gasteiger partial charge in [0.1, 0.15) is 5.69 Å². The van der Waals surface area contributed by atoms with Crippen molar-refractivity contribution in [3.63, 3.8) is 0 Å². The number of ketones is 1. The van der Waals surface area contributed by atoms with E-state index in [2.05, 4.69) is 42.6 Å². The molecule has 1 aromatic carbocycles. The summed E-state index contributed by atoms with van der Waals surface area (Å²) >= 11 is 1.45. The van der Waals surface area contributed by atoms with E-state index in [9.17, 15) is 9.59 Å². The quantitative estimate of drug-likeness (QED) is 0.203. The molecule has 1 saturated carbocycles. The Hall–Kier alpha value is -4.63. The summed E-state index contributed by atoms with van der Waals surface area (Å²) in [7, 11) is 0. The molecule has 0 saturated heterocycles. The summed E-state index contributed by atoms with van der Waals surface area (Å²) in [6.07, 6.45) is 8.29. The number of Topliss-reactive ketones (excluding diaryl/α,β-unsaturated/α-hetero) is 1. The number of nitrogens with zero attached hydrogens (tertiary/aromatic N) is 3. The van der Waals surface area contributed by atoms with Gasteiger partial charge < -0.3 is 10.3 Å². The van der Waals surface area contributed by atoms with Crippen LogP contribution in [0.5, 0.6) is 0 Å². The molecule has 0 spiro atoms. The van der Waals surface area contributed by atoms with Crippen LogP contribution in [-0.4, -0.2) is 36.8 Å². The zero-order valence-electron chi connectivity index (χ0n) is 21.1. The minimum atomic E-state index is 0.0495. The van der Waals surface area contributed by atoms with Crippen molar-refractivity contribution in [1.82, 2.24) is 25.1 Å². The molecule has 192 valence electrons. The van der Waals surface area contributed by atoms with E-state index in [4.69, 9.17) is 0 Å². The van der Waals surface area contributed by atoms with Crippen molar-refractivity contribution in [2.75, 3.05) is 5.32 Å².